The van der Waals surface area contributed by atoms with E-state index in [2.05, 4.69) is 0 Å². The van der Waals surface area contributed by atoms with Gasteiger partial charge in [-0.05, 0) is 31.0 Å². The molecule has 5 nitrogen and oxygen atoms in total. The number of carbonyl (C=O) groups is 1. The van der Waals surface area contributed by atoms with Crippen molar-refractivity contribution in [3.63, 3.8) is 0 Å². The van der Waals surface area contributed by atoms with Gasteiger partial charge in [-0.3, -0.25) is 0 Å². The molecule has 2 atom stereocenters. The van der Waals surface area contributed by atoms with Gasteiger partial charge < -0.3 is 18.9 Å². The minimum Gasteiger partial charge on any atom is -0.497 e. The standard InChI is InChI=1S/C17H22O5/c1-17(16(18)20-3)15(6-4-5-11-22-17)21-12-13-7-9-14(19-2)10-8-13/h4,6-10,15H,5,11-12H2,1-3H3/t15-,17+/m1/s1. The summed E-state index contributed by atoms with van der Waals surface area (Å²) in [6.07, 6.45) is 4.08. The van der Waals surface area contributed by atoms with Crippen LogP contribution in [-0.2, 0) is 25.6 Å². The maximum absolute atomic E-state index is 12.1. The normalized spacial score (nSPS) is 24.6. The number of esters is 1. The molecule has 0 saturated heterocycles. The van der Waals surface area contributed by atoms with Gasteiger partial charge in [0.05, 0.1) is 27.4 Å². The van der Waals surface area contributed by atoms with Crippen LogP contribution in [0.2, 0.25) is 0 Å². The van der Waals surface area contributed by atoms with Crippen molar-refractivity contribution < 1.29 is 23.7 Å². The highest BCUT2D eigenvalue weighted by Gasteiger charge is 2.44. The summed E-state index contributed by atoms with van der Waals surface area (Å²) in [5, 5.41) is 0. The number of rotatable bonds is 5. The summed E-state index contributed by atoms with van der Waals surface area (Å²) in [5.41, 5.74) is -0.139. The average molecular weight is 306 g/mol. The summed E-state index contributed by atoms with van der Waals surface area (Å²) in [7, 11) is 2.98. The molecule has 22 heavy (non-hydrogen) atoms. The minimum absolute atomic E-state index is 0.370. The molecule has 1 aliphatic heterocycles. The molecule has 1 aromatic carbocycles. The molecule has 5 heteroatoms. The lowest BCUT2D eigenvalue weighted by molar-refractivity contribution is -0.183. The summed E-state index contributed by atoms with van der Waals surface area (Å²) in [5.74, 6) is 0.361. The van der Waals surface area contributed by atoms with Crippen LogP contribution in [0.25, 0.3) is 0 Å². The zero-order chi connectivity index (χ0) is 16.0. The molecule has 0 spiro atoms. The third kappa shape index (κ3) is 3.67. The Bertz CT molecular complexity index is 522. The maximum atomic E-state index is 12.1. The Hall–Kier alpha value is -1.85. The van der Waals surface area contributed by atoms with Crippen LogP contribution in [0.15, 0.2) is 36.4 Å². The second-order valence-electron chi connectivity index (χ2n) is 5.24. The number of ether oxygens (including phenoxy) is 4. The fraction of sp³-hybridized carbons (Fsp3) is 0.471. The van der Waals surface area contributed by atoms with Crippen LogP contribution in [0.3, 0.4) is 0 Å². The lowest BCUT2D eigenvalue weighted by Crippen LogP contribution is -2.49. The van der Waals surface area contributed by atoms with Crippen LogP contribution in [0.1, 0.15) is 18.9 Å². The van der Waals surface area contributed by atoms with Crippen molar-refractivity contribution in [2.45, 2.75) is 31.7 Å². The van der Waals surface area contributed by atoms with E-state index in [0.717, 1.165) is 17.7 Å². The Balaban J connectivity index is 2.08. The van der Waals surface area contributed by atoms with E-state index in [1.807, 2.05) is 36.4 Å². The molecule has 0 saturated carbocycles. The van der Waals surface area contributed by atoms with Crippen molar-refractivity contribution in [1.82, 2.24) is 0 Å². The maximum Gasteiger partial charge on any atom is 0.340 e. The van der Waals surface area contributed by atoms with E-state index in [4.69, 9.17) is 18.9 Å². The van der Waals surface area contributed by atoms with E-state index >= 15 is 0 Å². The molecule has 0 bridgehead atoms. The van der Waals surface area contributed by atoms with Gasteiger partial charge in [-0.15, -0.1) is 0 Å². The first-order valence-electron chi connectivity index (χ1n) is 7.23. The van der Waals surface area contributed by atoms with Crippen LogP contribution >= 0.6 is 0 Å². The fourth-order valence-corrected chi connectivity index (χ4v) is 2.32. The van der Waals surface area contributed by atoms with Crippen LogP contribution in [-0.4, -0.2) is 38.5 Å². The lowest BCUT2D eigenvalue weighted by atomic mass is 9.98. The minimum atomic E-state index is -1.13. The van der Waals surface area contributed by atoms with Gasteiger partial charge in [0.1, 0.15) is 11.9 Å². The zero-order valence-electron chi connectivity index (χ0n) is 13.2. The van der Waals surface area contributed by atoms with Gasteiger partial charge in [-0.2, -0.15) is 0 Å². The van der Waals surface area contributed by atoms with E-state index in [1.54, 1.807) is 14.0 Å². The second kappa shape index (κ2) is 7.42. The summed E-state index contributed by atoms with van der Waals surface area (Å²) in [6.45, 7) is 2.53. The highest BCUT2D eigenvalue weighted by molar-refractivity contribution is 5.80. The second-order valence-corrected chi connectivity index (χ2v) is 5.24. The zero-order valence-corrected chi connectivity index (χ0v) is 13.2. The molecule has 1 aliphatic rings. The quantitative estimate of drug-likeness (QED) is 0.618. The number of hydrogen-bond donors (Lipinski definition) is 0. The fourth-order valence-electron chi connectivity index (χ4n) is 2.32. The summed E-state index contributed by atoms with van der Waals surface area (Å²) in [6, 6.07) is 7.60. The Morgan fingerprint density at radius 2 is 2.05 bits per heavy atom. The van der Waals surface area contributed by atoms with E-state index < -0.39 is 17.7 Å². The third-order valence-electron chi connectivity index (χ3n) is 3.72. The van der Waals surface area contributed by atoms with Crippen molar-refractivity contribution >= 4 is 5.97 Å². The van der Waals surface area contributed by atoms with Gasteiger partial charge in [0.25, 0.3) is 0 Å². The van der Waals surface area contributed by atoms with Crippen molar-refractivity contribution in [3.8, 4) is 5.75 Å². The molecule has 0 radical (unpaired) electrons. The third-order valence-corrected chi connectivity index (χ3v) is 3.72. The van der Waals surface area contributed by atoms with E-state index in [-0.39, 0.29) is 0 Å². The Morgan fingerprint density at radius 3 is 2.68 bits per heavy atom. The molecule has 0 fully saturated rings. The Labute approximate surface area is 130 Å². The monoisotopic (exact) mass is 306 g/mol. The van der Waals surface area contributed by atoms with E-state index in [9.17, 15) is 4.79 Å². The lowest BCUT2D eigenvalue weighted by Gasteiger charge is -2.32. The molecule has 0 aromatic heterocycles. The van der Waals surface area contributed by atoms with Gasteiger partial charge in [0, 0.05) is 0 Å². The number of benzene rings is 1. The van der Waals surface area contributed by atoms with Gasteiger partial charge in [-0.25, -0.2) is 4.79 Å². The Morgan fingerprint density at radius 1 is 1.32 bits per heavy atom. The highest BCUT2D eigenvalue weighted by atomic mass is 16.6. The molecule has 1 aromatic rings. The van der Waals surface area contributed by atoms with Crippen LogP contribution < -0.4 is 4.74 Å². The summed E-state index contributed by atoms with van der Waals surface area (Å²) >= 11 is 0. The van der Waals surface area contributed by atoms with Crippen LogP contribution in [0.5, 0.6) is 5.75 Å². The number of carbonyl (C=O) groups excluding carboxylic acids is 1. The predicted molar refractivity (Wildman–Crippen MR) is 81.7 cm³/mol. The molecule has 0 amide bonds. The first-order chi connectivity index (χ1) is 10.6. The van der Waals surface area contributed by atoms with Crippen LogP contribution in [0.4, 0.5) is 0 Å². The highest BCUT2D eigenvalue weighted by Crippen LogP contribution is 2.26. The molecular weight excluding hydrogens is 284 g/mol. The predicted octanol–water partition coefficient (Wildman–Crippen LogP) is 2.49. The van der Waals surface area contributed by atoms with Gasteiger partial charge in [0.15, 0.2) is 5.60 Å². The molecule has 2 rings (SSSR count). The topological polar surface area (TPSA) is 54.0 Å². The molecular formula is C17H22O5. The SMILES string of the molecule is COC(=O)[C@@]1(C)OCCC=C[C@H]1OCc1ccc(OC)cc1. The number of hydrogen-bond acceptors (Lipinski definition) is 5. The van der Waals surface area contributed by atoms with E-state index in [1.165, 1.54) is 7.11 Å². The van der Waals surface area contributed by atoms with Gasteiger partial charge in [0.2, 0.25) is 0 Å². The molecule has 0 N–H and O–H groups in total. The largest absolute Gasteiger partial charge is 0.497 e. The molecule has 120 valence electrons. The average Bonchev–Trinajstić information content (AvgIpc) is 2.75. The molecule has 1 heterocycles. The van der Waals surface area contributed by atoms with Gasteiger partial charge >= 0.3 is 5.97 Å². The van der Waals surface area contributed by atoms with Crippen molar-refractivity contribution in [2.24, 2.45) is 0 Å². The first-order valence-corrected chi connectivity index (χ1v) is 7.23. The summed E-state index contributed by atoms with van der Waals surface area (Å²) < 4.78 is 21.6. The Kier molecular flexibility index (Phi) is 5.57. The summed E-state index contributed by atoms with van der Waals surface area (Å²) in [4.78, 5) is 12.1. The van der Waals surface area contributed by atoms with Gasteiger partial charge in [-0.1, -0.05) is 24.3 Å². The first kappa shape index (κ1) is 16.5. The molecule has 0 unspecified atom stereocenters. The van der Waals surface area contributed by atoms with Crippen LogP contribution in [0, 0.1) is 0 Å². The molecule has 0 aliphatic carbocycles. The van der Waals surface area contributed by atoms with E-state index in [0.29, 0.717) is 13.2 Å². The van der Waals surface area contributed by atoms with Crippen molar-refractivity contribution in [2.75, 3.05) is 20.8 Å². The van der Waals surface area contributed by atoms with Crippen molar-refractivity contribution in [1.29, 1.82) is 0 Å². The smallest absolute Gasteiger partial charge is 0.340 e. The van der Waals surface area contributed by atoms with Crippen molar-refractivity contribution in [3.05, 3.63) is 42.0 Å². The number of methoxy groups -OCH3 is 2.